The second kappa shape index (κ2) is 6.46. The van der Waals surface area contributed by atoms with Crippen LogP contribution in [0.5, 0.6) is 0 Å². The summed E-state index contributed by atoms with van der Waals surface area (Å²) in [6, 6.07) is 9.36. The van der Waals surface area contributed by atoms with Gasteiger partial charge in [0, 0.05) is 22.7 Å². The molecule has 3 aromatic rings. The Hall–Kier alpha value is -2.18. The molecule has 2 aromatic carbocycles. The highest BCUT2D eigenvalue weighted by Gasteiger charge is 2.34. The summed E-state index contributed by atoms with van der Waals surface area (Å²) in [4.78, 5) is 0. The van der Waals surface area contributed by atoms with Gasteiger partial charge < -0.3 is 5.32 Å². The van der Waals surface area contributed by atoms with Crippen LogP contribution in [0.15, 0.2) is 36.4 Å². The van der Waals surface area contributed by atoms with Crippen LogP contribution in [0.2, 0.25) is 10.0 Å². The molecule has 0 saturated carbocycles. The average Bonchev–Trinajstić information content (AvgIpc) is 3.20. The molecule has 2 heterocycles. The lowest BCUT2D eigenvalue weighted by Crippen LogP contribution is -2.07. The maximum Gasteiger partial charge on any atom is 0.417 e. The summed E-state index contributed by atoms with van der Waals surface area (Å²) in [5.74, 6) is 0.777. The third-order valence-electron chi connectivity index (χ3n) is 4.66. The lowest BCUT2D eigenvalue weighted by atomic mass is 10.0. The van der Waals surface area contributed by atoms with Crippen LogP contribution in [0.1, 0.15) is 16.7 Å². The van der Waals surface area contributed by atoms with Crippen LogP contribution in [-0.4, -0.2) is 16.3 Å². The number of fused-ring (bicyclic) bond motifs is 1. The van der Waals surface area contributed by atoms with E-state index < -0.39 is 11.7 Å². The van der Waals surface area contributed by atoms with E-state index in [1.165, 1.54) is 6.07 Å². The van der Waals surface area contributed by atoms with Gasteiger partial charge in [-0.3, -0.25) is 0 Å². The molecule has 1 aliphatic heterocycles. The van der Waals surface area contributed by atoms with Crippen LogP contribution >= 0.6 is 23.2 Å². The predicted molar refractivity (Wildman–Crippen MR) is 101 cm³/mol. The molecular weight excluding hydrogens is 398 g/mol. The lowest BCUT2D eigenvalue weighted by molar-refractivity contribution is -0.137. The first kappa shape index (κ1) is 18.2. The summed E-state index contributed by atoms with van der Waals surface area (Å²) in [5, 5.41) is 8.15. The van der Waals surface area contributed by atoms with Gasteiger partial charge in [-0.05, 0) is 43.2 Å². The minimum absolute atomic E-state index is 0.328. The number of aromatic nitrogens is 2. The summed E-state index contributed by atoms with van der Waals surface area (Å²) in [6.45, 7) is 2.57. The molecule has 1 N–H and O–H groups in total. The molecule has 0 radical (unpaired) electrons. The molecule has 140 valence electrons. The van der Waals surface area contributed by atoms with Crippen molar-refractivity contribution in [2.45, 2.75) is 19.5 Å². The van der Waals surface area contributed by atoms with Crippen LogP contribution in [0.25, 0.3) is 16.9 Å². The van der Waals surface area contributed by atoms with Crippen molar-refractivity contribution >= 4 is 29.0 Å². The van der Waals surface area contributed by atoms with Crippen LogP contribution in [0, 0.1) is 6.92 Å². The highest BCUT2D eigenvalue weighted by Crippen LogP contribution is 2.40. The van der Waals surface area contributed by atoms with Crippen molar-refractivity contribution < 1.29 is 13.2 Å². The molecule has 0 fully saturated rings. The van der Waals surface area contributed by atoms with E-state index in [-0.39, 0.29) is 5.02 Å². The van der Waals surface area contributed by atoms with Crippen LogP contribution in [0.3, 0.4) is 0 Å². The maximum atomic E-state index is 13.2. The van der Waals surface area contributed by atoms with Gasteiger partial charge in [-0.25, -0.2) is 4.68 Å². The van der Waals surface area contributed by atoms with E-state index in [0.29, 0.717) is 29.2 Å². The molecule has 0 bridgehead atoms. The van der Waals surface area contributed by atoms with Gasteiger partial charge in [0.15, 0.2) is 0 Å². The molecule has 4 rings (SSSR count). The SMILES string of the molecule is Cc1c(Cl)cccc1-n1nc(-c2ccc(Cl)c(C(F)(F)F)c2)c2c1NCC2. The topological polar surface area (TPSA) is 29.9 Å². The van der Waals surface area contributed by atoms with Crippen LogP contribution in [0.4, 0.5) is 19.0 Å². The van der Waals surface area contributed by atoms with Crippen molar-refractivity contribution in [3.8, 4) is 16.9 Å². The van der Waals surface area contributed by atoms with Gasteiger partial charge in [-0.1, -0.05) is 35.3 Å². The average molecular weight is 412 g/mol. The molecule has 0 aliphatic carbocycles. The number of nitrogens with zero attached hydrogens (tertiary/aromatic N) is 2. The van der Waals surface area contributed by atoms with E-state index in [4.69, 9.17) is 23.2 Å². The molecule has 27 heavy (non-hydrogen) atoms. The standard InChI is InChI=1S/C19H14Cl2F3N3/c1-10-14(20)3-2-4-16(10)27-18-12(7-8-25-18)17(26-27)11-5-6-15(21)13(9-11)19(22,23)24/h2-6,9,25H,7-8H2,1H3. The zero-order chi connectivity index (χ0) is 19.3. The van der Waals surface area contributed by atoms with E-state index in [1.807, 2.05) is 19.1 Å². The summed E-state index contributed by atoms with van der Waals surface area (Å²) in [6.07, 6.45) is -3.85. The van der Waals surface area contributed by atoms with E-state index in [2.05, 4.69) is 10.4 Å². The van der Waals surface area contributed by atoms with Gasteiger partial charge in [0.25, 0.3) is 0 Å². The van der Waals surface area contributed by atoms with E-state index in [0.717, 1.165) is 28.7 Å². The molecule has 0 saturated heterocycles. The number of halogens is 5. The zero-order valence-corrected chi connectivity index (χ0v) is 15.7. The summed E-state index contributed by atoms with van der Waals surface area (Å²) in [7, 11) is 0. The Kier molecular flexibility index (Phi) is 4.35. The number of hydrogen-bond acceptors (Lipinski definition) is 2. The fourth-order valence-corrected chi connectivity index (χ4v) is 3.69. The van der Waals surface area contributed by atoms with Gasteiger partial charge in [-0.2, -0.15) is 18.3 Å². The van der Waals surface area contributed by atoms with Gasteiger partial charge in [0.2, 0.25) is 0 Å². The highest BCUT2D eigenvalue weighted by atomic mass is 35.5. The van der Waals surface area contributed by atoms with Gasteiger partial charge in [-0.15, -0.1) is 0 Å². The third-order valence-corrected chi connectivity index (χ3v) is 5.40. The smallest absolute Gasteiger partial charge is 0.369 e. The van der Waals surface area contributed by atoms with Crippen molar-refractivity contribution in [1.82, 2.24) is 9.78 Å². The molecule has 0 spiro atoms. The maximum absolute atomic E-state index is 13.2. The summed E-state index contributed by atoms with van der Waals surface area (Å²) in [5.41, 5.74) is 2.53. The molecule has 1 aliphatic rings. The van der Waals surface area contributed by atoms with E-state index in [1.54, 1.807) is 16.8 Å². The molecule has 8 heteroatoms. The largest absolute Gasteiger partial charge is 0.417 e. The monoisotopic (exact) mass is 411 g/mol. The fraction of sp³-hybridized carbons (Fsp3) is 0.211. The number of benzene rings is 2. The molecule has 3 nitrogen and oxygen atoms in total. The molecule has 0 unspecified atom stereocenters. The minimum atomic E-state index is -4.53. The molecule has 1 aromatic heterocycles. The third kappa shape index (κ3) is 3.07. The minimum Gasteiger partial charge on any atom is -0.369 e. The summed E-state index contributed by atoms with van der Waals surface area (Å²) < 4.78 is 41.5. The first-order valence-corrected chi connectivity index (χ1v) is 9.01. The molecular formula is C19H14Cl2F3N3. The Morgan fingerprint density at radius 2 is 1.89 bits per heavy atom. The lowest BCUT2D eigenvalue weighted by Gasteiger charge is -2.11. The Balaban J connectivity index is 1.91. The van der Waals surface area contributed by atoms with Crippen molar-refractivity contribution in [3.05, 3.63) is 63.1 Å². The first-order chi connectivity index (χ1) is 12.8. The highest BCUT2D eigenvalue weighted by molar-refractivity contribution is 6.31. The number of rotatable bonds is 2. The number of alkyl halides is 3. The van der Waals surface area contributed by atoms with Crippen molar-refractivity contribution in [1.29, 1.82) is 0 Å². The van der Waals surface area contributed by atoms with E-state index >= 15 is 0 Å². The van der Waals surface area contributed by atoms with Crippen molar-refractivity contribution in [2.75, 3.05) is 11.9 Å². The normalized spacial score (nSPS) is 13.6. The van der Waals surface area contributed by atoms with Gasteiger partial charge in [0.05, 0.1) is 22.0 Å². The molecule has 0 amide bonds. The second-order valence-corrected chi connectivity index (χ2v) is 7.16. The predicted octanol–water partition coefficient (Wildman–Crippen LogP) is 6.14. The zero-order valence-electron chi connectivity index (χ0n) is 14.2. The number of hydrogen-bond donors (Lipinski definition) is 1. The Morgan fingerprint density at radius 1 is 1.11 bits per heavy atom. The molecule has 0 atom stereocenters. The number of nitrogens with one attached hydrogen (secondary N) is 1. The van der Waals surface area contributed by atoms with Crippen molar-refractivity contribution in [3.63, 3.8) is 0 Å². The van der Waals surface area contributed by atoms with Crippen molar-refractivity contribution in [2.24, 2.45) is 0 Å². The summed E-state index contributed by atoms with van der Waals surface area (Å²) >= 11 is 12.0. The van der Waals surface area contributed by atoms with Gasteiger partial charge >= 0.3 is 6.18 Å². The quantitative estimate of drug-likeness (QED) is 0.548. The van der Waals surface area contributed by atoms with Crippen LogP contribution < -0.4 is 5.32 Å². The Bertz CT molecular complexity index is 1040. The van der Waals surface area contributed by atoms with Crippen LogP contribution in [-0.2, 0) is 12.6 Å². The second-order valence-electron chi connectivity index (χ2n) is 6.34. The Labute approximate surface area is 163 Å². The van der Waals surface area contributed by atoms with Gasteiger partial charge in [0.1, 0.15) is 5.82 Å². The number of anilines is 1. The van der Waals surface area contributed by atoms with E-state index in [9.17, 15) is 13.2 Å². The Morgan fingerprint density at radius 3 is 2.63 bits per heavy atom. The first-order valence-electron chi connectivity index (χ1n) is 8.25. The fourth-order valence-electron chi connectivity index (χ4n) is 3.30.